The highest BCUT2D eigenvalue weighted by atomic mass is 79.9. The minimum atomic E-state index is 0.809. The van der Waals surface area contributed by atoms with E-state index in [-0.39, 0.29) is 0 Å². The van der Waals surface area contributed by atoms with Crippen molar-refractivity contribution in [1.82, 2.24) is 4.90 Å². The summed E-state index contributed by atoms with van der Waals surface area (Å²) in [6.07, 6.45) is 0. The second-order valence-electron chi connectivity index (χ2n) is 3.68. The van der Waals surface area contributed by atoms with Gasteiger partial charge in [-0.05, 0) is 12.1 Å². The van der Waals surface area contributed by atoms with Crippen LogP contribution in [0.25, 0.3) is 0 Å². The fourth-order valence-corrected chi connectivity index (χ4v) is 2.92. The van der Waals surface area contributed by atoms with Crippen LogP contribution in [0.3, 0.4) is 0 Å². The first-order valence-corrected chi connectivity index (χ1v) is 7.92. The Hall–Kier alpha value is -0.0300. The highest BCUT2D eigenvalue weighted by Gasteiger charge is 2.03. The summed E-state index contributed by atoms with van der Waals surface area (Å²) in [4.78, 5) is 3.77. The van der Waals surface area contributed by atoms with E-state index in [1.807, 2.05) is 11.8 Å². The van der Waals surface area contributed by atoms with Gasteiger partial charge in [0.15, 0.2) is 0 Å². The van der Waals surface area contributed by atoms with Crippen molar-refractivity contribution in [2.24, 2.45) is 0 Å². The second kappa shape index (κ2) is 9.95. The quantitative estimate of drug-likeness (QED) is 0.513. The van der Waals surface area contributed by atoms with Crippen LogP contribution in [-0.2, 0) is 4.74 Å². The molecule has 2 nitrogen and oxygen atoms in total. The van der Waals surface area contributed by atoms with Crippen molar-refractivity contribution in [2.75, 3.05) is 44.4 Å². The Balaban J connectivity index is 2.22. The van der Waals surface area contributed by atoms with Gasteiger partial charge in [0.2, 0.25) is 0 Å². The minimum absolute atomic E-state index is 0.809. The Labute approximate surface area is 117 Å². The molecule has 0 heterocycles. The lowest BCUT2D eigenvalue weighted by molar-refractivity contribution is 0.155. The fraction of sp³-hybridized carbons (Fsp3) is 0.538. The van der Waals surface area contributed by atoms with Crippen LogP contribution >= 0.6 is 27.7 Å². The van der Waals surface area contributed by atoms with Crippen molar-refractivity contribution in [3.05, 3.63) is 30.3 Å². The highest BCUT2D eigenvalue weighted by Crippen LogP contribution is 2.16. The van der Waals surface area contributed by atoms with Gasteiger partial charge >= 0.3 is 0 Å². The number of thioether (sulfide) groups is 1. The van der Waals surface area contributed by atoms with Crippen LogP contribution in [-0.4, -0.2) is 49.3 Å². The molecule has 0 N–H and O–H groups in total. The predicted octanol–water partition coefficient (Wildman–Crippen LogP) is 3.12. The molecule has 0 aliphatic carbocycles. The lowest BCUT2D eigenvalue weighted by Crippen LogP contribution is -2.31. The summed E-state index contributed by atoms with van der Waals surface area (Å²) in [6.45, 7) is 4.01. The molecule has 0 aliphatic rings. The summed E-state index contributed by atoms with van der Waals surface area (Å²) in [6, 6.07) is 10.6. The van der Waals surface area contributed by atoms with Gasteiger partial charge < -0.3 is 4.74 Å². The molecule has 4 heteroatoms. The lowest BCUT2D eigenvalue weighted by Gasteiger charge is -2.20. The van der Waals surface area contributed by atoms with E-state index in [4.69, 9.17) is 4.74 Å². The van der Waals surface area contributed by atoms with Crippen LogP contribution in [0, 0.1) is 0 Å². The van der Waals surface area contributed by atoms with Crippen molar-refractivity contribution in [1.29, 1.82) is 0 Å². The Morgan fingerprint density at radius 3 is 2.59 bits per heavy atom. The van der Waals surface area contributed by atoms with E-state index < -0.39 is 0 Å². The normalized spacial score (nSPS) is 11.0. The van der Waals surface area contributed by atoms with E-state index in [0.29, 0.717) is 0 Å². The SMILES string of the molecule is COCCN(CCBr)CCSc1ccccc1. The summed E-state index contributed by atoms with van der Waals surface area (Å²) in [5.41, 5.74) is 0. The molecule has 0 amide bonds. The average Bonchev–Trinajstić information content (AvgIpc) is 2.37. The number of halogens is 1. The largest absolute Gasteiger partial charge is 0.383 e. The summed E-state index contributed by atoms with van der Waals surface area (Å²) < 4.78 is 5.12. The first-order chi connectivity index (χ1) is 8.36. The van der Waals surface area contributed by atoms with Gasteiger partial charge in [-0.15, -0.1) is 11.8 Å². The molecular formula is C13H20BrNOS. The van der Waals surface area contributed by atoms with E-state index in [2.05, 4.69) is 51.2 Å². The van der Waals surface area contributed by atoms with E-state index in [9.17, 15) is 0 Å². The fourth-order valence-electron chi connectivity index (χ4n) is 1.48. The van der Waals surface area contributed by atoms with Crippen LogP contribution in [0.5, 0.6) is 0 Å². The van der Waals surface area contributed by atoms with Gasteiger partial charge in [0.25, 0.3) is 0 Å². The summed E-state index contributed by atoms with van der Waals surface area (Å²) in [7, 11) is 1.75. The number of hydrogen-bond donors (Lipinski definition) is 0. The van der Waals surface area contributed by atoms with Crippen LogP contribution in [0.1, 0.15) is 0 Å². The van der Waals surface area contributed by atoms with E-state index in [0.717, 1.165) is 37.3 Å². The summed E-state index contributed by atoms with van der Waals surface area (Å²) >= 11 is 5.40. The molecule has 0 spiro atoms. The molecule has 0 aromatic heterocycles. The molecule has 17 heavy (non-hydrogen) atoms. The van der Waals surface area contributed by atoms with Crippen LogP contribution in [0.15, 0.2) is 35.2 Å². The van der Waals surface area contributed by atoms with Crippen LogP contribution in [0.2, 0.25) is 0 Å². The lowest BCUT2D eigenvalue weighted by atomic mass is 10.4. The molecule has 0 aliphatic heterocycles. The molecule has 0 bridgehead atoms. The van der Waals surface area contributed by atoms with Gasteiger partial charge in [0, 0.05) is 42.7 Å². The third-order valence-electron chi connectivity index (χ3n) is 2.43. The zero-order chi connectivity index (χ0) is 12.3. The molecule has 1 aromatic rings. The van der Waals surface area contributed by atoms with E-state index in [1.54, 1.807) is 7.11 Å². The predicted molar refractivity (Wildman–Crippen MR) is 79.3 cm³/mol. The first-order valence-electron chi connectivity index (χ1n) is 5.82. The Bertz CT molecular complexity index is 284. The average molecular weight is 318 g/mol. The Morgan fingerprint density at radius 2 is 1.94 bits per heavy atom. The Kier molecular flexibility index (Phi) is 8.79. The van der Waals surface area contributed by atoms with Gasteiger partial charge in [0.1, 0.15) is 0 Å². The smallest absolute Gasteiger partial charge is 0.0589 e. The molecule has 0 atom stereocenters. The molecular weight excluding hydrogens is 298 g/mol. The monoisotopic (exact) mass is 317 g/mol. The Morgan fingerprint density at radius 1 is 1.18 bits per heavy atom. The number of ether oxygens (including phenoxy) is 1. The molecule has 0 unspecified atom stereocenters. The molecule has 1 rings (SSSR count). The highest BCUT2D eigenvalue weighted by molar-refractivity contribution is 9.09. The van der Waals surface area contributed by atoms with Gasteiger partial charge in [-0.1, -0.05) is 34.1 Å². The van der Waals surface area contributed by atoms with Crippen LogP contribution < -0.4 is 0 Å². The standard InChI is InChI=1S/C13H20BrNOS/c1-16-11-9-15(8-7-14)10-12-17-13-5-3-2-4-6-13/h2-6H,7-12H2,1H3. The molecule has 0 saturated heterocycles. The van der Waals surface area contributed by atoms with Crippen molar-refractivity contribution >= 4 is 27.7 Å². The van der Waals surface area contributed by atoms with Gasteiger partial charge in [0.05, 0.1) is 6.61 Å². The molecule has 96 valence electrons. The maximum Gasteiger partial charge on any atom is 0.0589 e. The van der Waals surface area contributed by atoms with Gasteiger partial charge in [-0.3, -0.25) is 4.90 Å². The number of alkyl halides is 1. The molecule has 0 saturated carbocycles. The third kappa shape index (κ3) is 7.09. The van der Waals surface area contributed by atoms with E-state index >= 15 is 0 Å². The zero-order valence-corrected chi connectivity index (χ0v) is 12.7. The van der Waals surface area contributed by atoms with Crippen LogP contribution in [0.4, 0.5) is 0 Å². The maximum atomic E-state index is 5.12. The molecule has 0 fully saturated rings. The van der Waals surface area contributed by atoms with Gasteiger partial charge in [-0.25, -0.2) is 0 Å². The molecule has 1 aromatic carbocycles. The van der Waals surface area contributed by atoms with Crippen molar-refractivity contribution in [3.63, 3.8) is 0 Å². The summed E-state index contributed by atoms with van der Waals surface area (Å²) in [5, 5.41) is 1.02. The zero-order valence-electron chi connectivity index (χ0n) is 10.3. The molecule has 0 radical (unpaired) electrons. The number of rotatable bonds is 9. The number of nitrogens with zero attached hydrogens (tertiary/aromatic N) is 1. The first kappa shape index (κ1) is 15.0. The maximum absolute atomic E-state index is 5.12. The van der Waals surface area contributed by atoms with Crippen molar-refractivity contribution < 1.29 is 4.74 Å². The topological polar surface area (TPSA) is 12.5 Å². The second-order valence-corrected chi connectivity index (χ2v) is 5.65. The number of methoxy groups -OCH3 is 1. The van der Waals surface area contributed by atoms with E-state index in [1.165, 1.54) is 4.90 Å². The van der Waals surface area contributed by atoms with Gasteiger partial charge in [-0.2, -0.15) is 0 Å². The third-order valence-corrected chi connectivity index (χ3v) is 3.78. The van der Waals surface area contributed by atoms with Crippen molar-refractivity contribution in [3.8, 4) is 0 Å². The summed E-state index contributed by atoms with van der Waals surface area (Å²) in [5.74, 6) is 1.13. The minimum Gasteiger partial charge on any atom is -0.383 e. The number of benzene rings is 1. The number of hydrogen-bond acceptors (Lipinski definition) is 3. The van der Waals surface area contributed by atoms with Crippen molar-refractivity contribution in [2.45, 2.75) is 4.90 Å².